The van der Waals surface area contributed by atoms with Crippen LogP contribution in [0, 0.1) is 18.3 Å². The van der Waals surface area contributed by atoms with Gasteiger partial charge < -0.3 is 20.4 Å². The minimum atomic E-state index is -3.62. The first-order valence-corrected chi connectivity index (χ1v) is 13.8. The first kappa shape index (κ1) is 24.8. The van der Waals surface area contributed by atoms with E-state index in [9.17, 15) is 22.0 Å². The van der Waals surface area contributed by atoms with Gasteiger partial charge >= 0.3 is 0 Å². The Kier molecular flexibility index (Phi) is 5.94. The van der Waals surface area contributed by atoms with Crippen molar-refractivity contribution in [2.45, 2.75) is 58.0 Å². The molecule has 2 aromatic rings. The molecule has 0 radical (unpaired) electrons. The average Bonchev–Trinajstić information content (AvgIpc) is 3.28. The number of amides is 1. The maximum Gasteiger partial charge on any atom is 0.260 e. The van der Waals surface area contributed by atoms with Crippen LogP contribution in [0.3, 0.4) is 0 Å². The van der Waals surface area contributed by atoms with Crippen LogP contribution in [0.5, 0.6) is 0 Å². The number of carbonyl (C=O) groups excluding carboxylic acids is 1. The molecule has 3 N–H and O–H groups in total. The molecular weight excluding hydrogens is 492 g/mol. The number of alkyl halides is 2. The van der Waals surface area contributed by atoms with Gasteiger partial charge in [0.15, 0.2) is 15.5 Å². The number of imidazole rings is 1. The number of pyridine rings is 1. The lowest BCUT2D eigenvalue weighted by atomic mass is 9.75. The van der Waals surface area contributed by atoms with Crippen molar-refractivity contribution in [1.29, 1.82) is 0 Å². The molecule has 5 rings (SSSR count). The Morgan fingerprint density at radius 3 is 2.67 bits per heavy atom. The number of ether oxygens (including phenoxy) is 1. The number of aromatic nitrogens is 3. The normalized spacial score (nSPS) is 27.8. The van der Waals surface area contributed by atoms with Crippen LogP contribution in [0.4, 0.5) is 20.3 Å². The van der Waals surface area contributed by atoms with Crippen molar-refractivity contribution >= 4 is 38.4 Å². The fourth-order valence-electron chi connectivity index (χ4n) is 4.89. The predicted molar refractivity (Wildman–Crippen MR) is 131 cm³/mol. The standard InChI is InChI=1S/C24H29F2N5O4S/c1-13-27-20-16(10-19(30-21(20)28-13)31-22(32)14-11-24(14,25)26)29-15-7-8-23(2,12-17(15)36(3,33)34)18-6-4-5-9-35-18/h7,10,12,14,18H,4-6,8-9,11H2,1-3H3,(H3,27,28,29,30,31,32)/t14?,18-,23?/m1/s1. The Morgan fingerprint density at radius 1 is 1.28 bits per heavy atom. The van der Waals surface area contributed by atoms with Crippen LogP contribution in [0.25, 0.3) is 11.2 Å². The zero-order valence-corrected chi connectivity index (χ0v) is 21.1. The first-order chi connectivity index (χ1) is 16.9. The average molecular weight is 522 g/mol. The number of halogens is 2. The molecular formula is C24H29F2N5O4S. The summed E-state index contributed by atoms with van der Waals surface area (Å²) in [6, 6.07) is 1.48. The summed E-state index contributed by atoms with van der Waals surface area (Å²) in [5.74, 6) is -4.61. The van der Waals surface area contributed by atoms with Crippen molar-refractivity contribution in [3.8, 4) is 0 Å². The molecule has 0 spiro atoms. The molecule has 3 heterocycles. The van der Waals surface area contributed by atoms with Crippen LogP contribution < -0.4 is 10.6 Å². The number of nitrogens with one attached hydrogen (secondary N) is 3. The van der Waals surface area contributed by atoms with E-state index in [1.165, 1.54) is 6.07 Å². The van der Waals surface area contributed by atoms with Crippen molar-refractivity contribution in [3.05, 3.63) is 34.6 Å². The summed E-state index contributed by atoms with van der Waals surface area (Å²) in [6.07, 6.45) is 7.66. The highest BCUT2D eigenvalue weighted by molar-refractivity contribution is 7.94. The van der Waals surface area contributed by atoms with Crippen LogP contribution >= 0.6 is 0 Å². The molecule has 3 atom stereocenters. The number of hydrogen-bond acceptors (Lipinski definition) is 7. The minimum absolute atomic E-state index is 0.0472. The summed E-state index contributed by atoms with van der Waals surface area (Å²) in [5.41, 5.74) is 1.09. The lowest BCUT2D eigenvalue weighted by Crippen LogP contribution is -2.37. The van der Waals surface area contributed by atoms with E-state index in [2.05, 4.69) is 25.6 Å². The molecule has 12 heteroatoms. The monoisotopic (exact) mass is 521 g/mol. The fraction of sp³-hybridized carbons (Fsp3) is 0.542. The van der Waals surface area contributed by atoms with Gasteiger partial charge in [-0.2, -0.15) is 0 Å². The number of anilines is 2. The highest BCUT2D eigenvalue weighted by Gasteiger charge is 2.61. The maximum atomic E-state index is 13.4. The van der Waals surface area contributed by atoms with E-state index in [1.807, 2.05) is 13.0 Å². The molecule has 3 aliphatic rings. The second-order valence-electron chi connectivity index (χ2n) is 10.2. The summed E-state index contributed by atoms with van der Waals surface area (Å²) in [7, 11) is -3.62. The summed E-state index contributed by atoms with van der Waals surface area (Å²) < 4.78 is 58.4. The number of H-pyrrole nitrogens is 1. The summed E-state index contributed by atoms with van der Waals surface area (Å²) in [6.45, 7) is 4.39. The molecule has 2 unspecified atom stereocenters. The number of sulfone groups is 1. The Hall–Kier alpha value is -2.86. The predicted octanol–water partition coefficient (Wildman–Crippen LogP) is 4.06. The van der Waals surface area contributed by atoms with Gasteiger partial charge in [0.25, 0.3) is 5.92 Å². The van der Waals surface area contributed by atoms with E-state index in [1.54, 1.807) is 13.0 Å². The van der Waals surface area contributed by atoms with Crippen LogP contribution in [0.2, 0.25) is 0 Å². The summed E-state index contributed by atoms with van der Waals surface area (Å²) in [5, 5.41) is 5.61. The molecule has 1 saturated heterocycles. The molecule has 0 bridgehead atoms. The van der Waals surface area contributed by atoms with Gasteiger partial charge in [0.2, 0.25) is 5.91 Å². The molecule has 9 nitrogen and oxygen atoms in total. The second-order valence-corrected chi connectivity index (χ2v) is 12.2. The molecule has 2 fully saturated rings. The third-order valence-corrected chi connectivity index (χ3v) is 8.17. The van der Waals surface area contributed by atoms with Crippen molar-refractivity contribution < 1.29 is 26.7 Å². The Balaban J connectivity index is 1.47. The molecule has 0 aromatic carbocycles. The van der Waals surface area contributed by atoms with E-state index < -0.39 is 39.4 Å². The summed E-state index contributed by atoms with van der Waals surface area (Å²) >= 11 is 0. The lowest BCUT2D eigenvalue weighted by molar-refractivity contribution is -0.119. The molecule has 2 aliphatic carbocycles. The van der Waals surface area contributed by atoms with Gasteiger partial charge in [-0.1, -0.05) is 19.1 Å². The fourth-order valence-corrected chi connectivity index (χ4v) is 5.90. The largest absolute Gasteiger partial charge is 0.377 e. The van der Waals surface area contributed by atoms with E-state index in [0.717, 1.165) is 25.5 Å². The van der Waals surface area contributed by atoms with E-state index in [0.29, 0.717) is 35.8 Å². The Bertz CT molecular complexity index is 1390. The number of hydrogen-bond donors (Lipinski definition) is 3. The van der Waals surface area contributed by atoms with Crippen LogP contribution in [0.15, 0.2) is 28.8 Å². The maximum absolute atomic E-state index is 13.4. The molecule has 1 aliphatic heterocycles. The zero-order valence-electron chi connectivity index (χ0n) is 20.3. The van der Waals surface area contributed by atoms with E-state index >= 15 is 0 Å². The van der Waals surface area contributed by atoms with Gasteiger partial charge in [0, 0.05) is 30.8 Å². The highest BCUT2D eigenvalue weighted by Crippen LogP contribution is 2.49. The number of aromatic amines is 1. The zero-order chi connectivity index (χ0) is 25.9. The molecule has 1 saturated carbocycles. The van der Waals surface area contributed by atoms with Gasteiger partial charge in [0.05, 0.1) is 22.4 Å². The number of fused-ring (bicyclic) bond motifs is 1. The highest BCUT2D eigenvalue weighted by atomic mass is 32.2. The van der Waals surface area contributed by atoms with E-state index in [4.69, 9.17) is 4.74 Å². The van der Waals surface area contributed by atoms with Crippen molar-refractivity contribution in [2.24, 2.45) is 11.3 Å². The third-order valence-electron chi connectivity index (χ3n) is 7.03. The van der Waals surface area contributed by atoms with Crippen molar-refractivity contribution in [3.63, 3.8) is 0 Å². The number of carbonyl (C=O) groups is 1. The third kappa shape index (κ3) is 4.75. The number of allylic oxidation sites excluding steroid dienone is 1. The Morgan fingerprint density at radius 2 is 2.03 bits per heavy atom. The SMILES string of the molecule is Cc1nc2nc(NC(=O)C3CC3(F)F)cc(NC3=CCC(C)([C@H]4CCCCO4)C=C3S(C)(=O)=O)c2[nH]1. The molecule has 194 valence electrons. The van der Waals surface area contributed by atoms with Gasteiger partial charge in [0.1, 0.15) is 23.1 Å². The topological polar surface area (TPSA) is 126 Å². The summed E-state index contributed by atoms with van der Waals surface area (Å²) in [4.78, 5) is 24.0. The lowest BCUT2D eigenvalue weighted by Gasteiger charge is -2.39. The second kappa shape index (κ2) is 8.62. The first-order valence-electron chi connectivity index (χ1n) is 11.9. The van der Waals surface area contributed by atoms with Gasteiger partial charge in [-0.25, -0.2) is 27.2 Å². The van der Waals surface area contributed by atoms with Crippen molar-refractivity contribution in [2.75, 3.05) is 23.5 Å². The number of aryl methyl sites for hydroxylation is 1. The quantitative estimate of drug-likeness (QED) is 0.523. The number of nitrogens with zero attached hydrogens (tertiary/aromatic N) is 2. The van der Waals surface area contributed by atoms with Gasteiger partial charge in [-0.3, -0.25) is 4.79 Å². The van der Waals surface area contributed by atoms with E-state index in [-0.39, 0.29) is 22.5 Å². The molecule has 36 heavy (non-hydrogen) atoms. The smallest absolute Gasteiger partial charge is 0.260 e. The molecule has 1 amide bonds. The molecule has 2 aromatic heterocycles. The Labute approximate surface area is 207 Å². The van der Waals surface area contributed by atoms with Crippen LogP contribution in [0.1, 0.15) is 44.9 Å². The van der Waals surface area contributed by atoms with Crippen LogP contribution in [-0.4, -0.2) is 54.2 Å². The number of rotatable bonds is 6. The minimum Gasteiger partial charge on any atom is -0.377 e. The van der Waals surface area contributed by atoms with Crippen molar-refractivity contribution in [1.82, 2.24) is 15.0 Å². The van der Waals surface area contributed by atoms with Gasteiger partial charge in [-0.15, -0.1) is 0 Å². The van der Waals surface area contributed by atoms with Gasteiger partial charge in [-0.05, 0) is 32.6 Å². The van der Waals surface area contributed by atoms with Crippen LogP contribution in [-0.2, 0) is 19.4 Å².